The van der Waals surface area contributed by atoms with Crippen LogP contribution in [0.15, 0.2) is 24.4 Å². The van der Waals surface area contributed by atoms with Gasteiger partial charge in [0.1, 0.15) is 12.4 Å². The van der Waals surface area contributed by atoms with Crippen LogP contribution in [-0.4, -0.2) is 88.3 Å². The minimum Gasteiger partial charge on any atom is -0.462 e. The van der Waals surface area contributed by atoms with E-state index in [0.717, 1.165) is 79.1 Å². The van der Waals surface area contributed by atoms with Crippen LogP contribution in [0.25, 0.3) is 22.2 Å². The number of rotatable bonds is 5. The number of aromatic nitrogens is 4. The van der Waals surface area contributed by atoms with Crippen molar-refractivity contribution in [1.29, 1.82) is 0 Å². The number of hydrogen-bond acceptors (Lipinski definition) is 7. The van der Waals surface area contributed by atoms with E-state index < -0.39 is 0 Å². The maximum Gasteiger partial charge on any atom is 0.318 e. The van der Waals surface area contributed by atoms with E-state index in [1.165, 1.54) is 6.42 Å². The molecule has 9 heteroatoms. The van der Waals surface area contributed by atoms with Crippen LogP contribution in [0, 0.1) is 24.2 Å². The average molecular weight is 500 g/mol. The largest absolute Gasteiger partial charge is 0.462 e. The lowest BCUT2D eigenvalue weighted by molar-refractivity contribution is -0.135. The Morgan fingerprint density at radius 2 is 2.11 bits per heavy atom. The molecule has 9 nitrogen and oxygen atoms in total. The normalized spacial score (nSPS) is 20.8. The topological polar surface area (TPSA) is 90.5 Å². The number of benzene rings is 1. The molecule has 6 rings (SSSR count). The first-order valence-corrected chi connectivity index (χ1v) is 13.1. The van der Waals surface area contributed by atoms with Crippen LogP contribution in [0.2, 0.25) is 0 Å². The van der Waals surface area contributed by atoms with Crippen LogP contribution in [0.5, 0.6) is 6.01 Å². The molecule has 3 aliphatic heterocycles. The monoisotopic (exact) mass is 499 g/mol. The summed E-state index contributed by atoms with van der Waals surface area (Å²) in [5, 5.41) is 8.37. The van der Waals surface area contributed by atoms with E-state index in [2.05, 4.69) is 57.9 Å². The molecule has 37 heavy (non-hydrogen) atoms. The Bertz CT molecular complexity index is 1400. The number of nitrogens with one attached hydrogen (secondary N) is 1. The molecule has 1 spiro atoms. The Labute approximate surface area is 217 Å². The molecule has 192 valence electrons. The summed E-state index contributed by atoms with van der Waals surface area (Å²) in [5.41, 5.74) is 4.09. The van der Waals surface area contributed by atoms with E-state index in [1.54, 1.807) is 6.92 Å². The van der Waals surface area contributed by atoms with Gasteiger partial charge in [0.2, 0.25) is 0 Å². The van der Waals surface area contributed by atoms with Crippen molar-refractivity contribution in [1.82, 2.24) is 30.0 Å². The molecule has 1 aromatic carbocycles. The van der Waals surface area contributed by atoms with E-state index in [0.29, 0.717) is 18.7 Å². The number of likely N-dealkylation sites (tertiary alicyclic amines) is 2. The van der Waals surface area contributed by atoms with Gasteiger partial charge < -0.3 is 19.4 Å². The van der Waals surface area contributed by atoms with E-state index in [9.17, 15) is 4.79 Å². The Morgan fingerprint density at radius 3 is 2.89 bits per heavy atom. The van der Waals surface area contributed by atoms with E-state index in [4.69, 9.17) is 14.7 Å². The number of carbonyl (C=O) groups excluding carboxylic acids is 1. The number of aromatic amines is 1. The van der Waals surface area contributed by atoms with E-state index >= 15 is 0 Å². The zero-order valence-electron chi connectivity index (χ0n) is 21.8. The maximum atomic E-state index is 12.2. The molecule has 0 unspecified atom stereocenters. The maximum absolute atomic E-state index is 12.2. The summed E-state index contributed by atoms with van der Waals surface area (Å²) in [6.45, 7) is 8.72. The first-order chi connectivity index (χ1) is 17.9. The third-order valence-electron chi connectivity index (χ3n) is 8.19. The minimum absolute atomic E-state index is 0.0767. The number of hydrogen-bond donors (Lipinski definition) is 1. The number of fused-ring (bicyclic) bond motifs is 1. The zero-order valence-corrected chi connectivity index (χ0v) is 21.8. The third-order valence-corrected chi connectivity index (χ3v) is 8.19. The first kappa shape index (κ1) is 23.7. The molecular weight excluding hydrogens is 466 g/mol. The fourth-order valence-corrected chi connectivity index (χ4v) is 6.08. The second-order valence-electron chi connectivity index (χ2n) is 10.8. The molecule has 3 fully saturated rings. The van der Waals surface area contributed by atoms with E-state index in [-0.39, 0.29) is 11.3 Å². The molecular formula is C28H33N7O2. The fraction of sp³-hybridized carbons (Fsp3) is 0.500. The molecule has 5 heterocycles. The van der Waals surface area contributed by atoms with E-state index in [1.807, 2.05) is 17.2 Å². The SMILES string of the molecule is CC#CC(=O)N1CC2(CCN(c3cc(-c4c(C)ccc5[nH]ncc45)nc(OC[C@@H]4CCCN4C)n3)C2)C1. The predicted octanol–water partition coefficient (Wildman–Crippen LogP) is 2.86. The Morgan fingerprint density at radius 1 is 1.24 bits per heavy atom. The number of carbonyl (C=O) groups is 1. The second kappa shape index (κ2) is 9.34. The quantitative estimate of drug-likeness (QED) is 0.540. The number of aryl methyl sites for hydroxylation is 1. The highest BCUT2D eigenvalue weighted by Gasteiger charge is 2.49. The van der Waals surface area contributed by atoms with Gasteiger partial charge in [-0.25, -0.2) is 0 Å². The smallest absolute Gasteiger partial charge is 0.318 e. The molecule has 3 aromatic rings. The summed E-state index contributed by atoms with van der Waals surface area (Å²) in [5.74, 6) is 6.17. The van der Waals surface area contributed by atoms with Crippen LogP contribution in [0.1, 0.15) is 31.7 Å². The average Bonchev–Trinajstić information content (AvgIpc) is 3.61. The standard InChI is InChI=1S/C28H33N7O2/c1-4-6-25(36)35-17-28(18-35)10-12-34(16-28)24-13-23(26-19(2)8-9-22-21(26)14-29-32-22)30-27(31-24)37-15-20-7-5-11-33(20)3/h8-9,13-14,20H,5,7,10-12,15-18H2,1-3H3,(H,29,32)/t20-/m0/s1. The lowest BCUT2D eigenvalue weighted by atomic mass is 9.79. The molecule has 0 radical (unpaired) electrons. The summed E-state index contributed by atoms with van der Waals surface area (Å²) in [6, 6.07) is 7.02. The van der Waals surface area contributed by atoms with Crippen molar-refractivity contribution in [2.45, 2.75) is 39.2 Å². The van der Waals surface area contributed by atoms with Gasteiger partial charge in [-0.05, 0) is 64.3 Å². The lowest BCUT2D eigenvalue weighted by Gasteiger charge is -2.47. The molecule has 1 atom stereocenters. The predicted molar refractivity (Wildman–Crippen MR) is 142 cm³/mol. The van der Waals surface area contributed by atoms with Crippen LogP contribution >= 0.6 is 0 Å². The van der Waals surface area contributed by atoms with Crippen molar-refractivity contribution in [3.05, 3.63) is 30.0 Å². The van der Waals surface area contributed by atoms with Crippen LogP contribution < -0.4 is 9.64 Å². The van der Waals surface area contributed by atoms with Gasteiger partial charge in [0.15, 0.2) is 0 Å². The van der Waals surface area contributed by atoms with Crippen molar-refractivity contribution < 1.29 is 9.53 Å². The molecule has 0 saturated carbocycles. The zero-order chi connectivity index (χ0) is 25.6. The van der Waals surface area contributed by atoms with Gasteiger partial charge in [0.05, 0.1) is 17.4 Å². The number of ether oxygens (including phenoxy) is 1. The highest BCUT2D eigenvalue weighted by Crippen LogP contribution is 2.42. The molecule has 1 amide bonds. The number of amides is 1. The van der Waals surface area contributed by atoms with Gasteiger partial charge in [-0.3, -0.25) is 9.89 Å². The molecule has 1 N–H and O–H groups in total. The lowest BCUT2D eigenvalue weighted by Crippen LogP contribution is -2.59. The highest BCUT2D eigenvalue weighted by atomic mass is 16.5. The minimum atomic E-state index is -0.0767. The Balaban J connectivity index is 1.30. The summed E-state index contributed by atoms with van der Waals surface area (Å²) in [4.78, 5) is 28.5. The molecule has 3 saturated heterocycles. The van der Waals surface area contributed by atoms with Crippen LogP contribution in [-0.2, 0) is 4.79 Å². The molecule has 3 aliphatic rings. The number of nitrogens with zero attached hydrogens (tertiary/aromatic N) is 6. The van der Waals surface area contributed by atoms with Gasteiger partial charge >= 0.3 is 6.01 Å². The van der Waals surface area contributed by atoms with Crippen LogP contribution in [0.4, 0.5) is 5.82 Å². The van der Waals surface area contributed by atoms with Gasteiger partial charge in [0, 0.05) is 54.7 Å². The van der Waals surface area contributed by atoms with Crippen molar-refractivity contribution in [3.8, 4) is 29.1 Å². The van der Waals surface area contributed by atoms with Gasteiger partial charge in [-0.1, -0.05) is 12.0 Å². The summed E-state index contributed by atoms with van der Waals surface area (Å²) >= 11 is 0. The second-order valence-corrected chi connectivity index (χ2v) is 10.8. The van der Waals surface area contributed by atoms with Crippen molar-refractivity contribution in [3.63, 3.8) is 0 Å². The molecule has 2 aromatic heterocycles. The van der Waals surface area contributed by atoms with Gasteiger partial charge in [-0.15, -0.1) is 0 Å². The number of anilines is 1. The van der Waals surface area contributed by atoms with Gasteiger partial charge in [-0.2, -0.15) is 15.1 Å². The highest BCUT2D eigenvalue weighted by molar-refractivity contribution is 5.95. The first-order valence-electron chi connectivity index (χ1n) is 13.1. The molecule has 0 aliphatic carbocycles. The fourth-order valence-electron chi connectivity index (χ4n) is 6.08. The van der Waals surface area contributed by atoms with Crippen molar-refractivity contribution >= 4 is 22.6 Å². The van der Waals surface area contributed by atoms with Crippen molar-refractivity contribution in [2.75, 3.05) is 51.3 Å². The third kappa shape index (κ3) is 4.40. The Hall–Kier alpha value is -3.64. The summed E-state index contributed by atoms with van der Waals surface area (Å²) < 4.78 is 6.24. The van der Waals surface area contributed by atoms with Gasteiger partial charge in [0.25, 0.3) is 5.91 Å². The van der Waals surface area contributed by atoms with Crippen molar-refractivity contribution in [2.24, 2.45) is 5.41 Å². The Kier molecular flexibility index (Phi) is 6.00. The summed E-state index contributed by atoms with van der Waals surface area (Å²) in [6.07, 6.45) is 5.20. The number of H-pyrrole nitrogens is 1. The molecule has 0 bridgehead atoms. The number of likely N-dealkylation sites (N-methyl/N-ethyl adjacent to an activating group) is 1. The summed E-state index contributed by atoms with van der Waals surface area (Å²) in [7, 11) is 2.15. The van der Waals surface area contributed by atoms with Crippen LogP contribution in [0.3, 0.4) is 0 Å².